The zero-order valence-electron chi connectivity index (χ0n) is 13.4. The lowest BCUT2D eigenvalue weighted by atomic mass is 10.1. The molecule has 2 aromatic carbocycles. The molecule has 0 radical (unpaired) electrons. The van der Waals surface area contributed by atoms with Crippen LogP contribution in [0.5, 0.6) is 0 Å². The van der Waals surface area contributed by atoms with Gasteiger partial charge >= 0.3 is 0 Å². The number of rotatable bonds is 3. The molecule has 3 rings (SSSR count). The Hall–Kier alpha value is -1.75. The third-order valence-electron chi connectivity index (χ3n) is 4.14. The molecule has 0 aromatic heterocycles. The predicted molar refractivity (Wildman–Crippen MR) is 102 cm³/mol. The normalized spacial score (nSPS) is 17.0. The Morgan fingerprint density at radius 2 is 1.80 bits per heavy atom. The number of amides is 2. The molecular weight excluding hydrogens is 383 g/mol. The van der Waals surface area contributed by atoms with Crippen LogP contribution in [-0.4, -0.2) is 18.4 Å². The molecule has 7 heteroatoms. The van der Waals surface area contributed by atoms with Gasteiger partial charge in [0.2, 0.25) is 11.8 Å². The van der Waals surface area contributed by atoms with Crippen molar-refractivity contribution in [1.82, 2.24) is 0 Å². The van der Waals surface area contributed by atoms with Crippen LogP contribution in [-0.2, 0) is 9.59 Å². The molecule has 0 spiro atoms. The first-order chi connectivity index (χ1) is 11.8. The standard InChI is InChI=1S/C18H15Cl3N2O2/c1-10-2-3-13(20)8-16(10)23-9-11(6-17(23)24)18(25)22-15-7-12(19)4-5-14(15)21/h2-5,7-8,11H,6,9H2,1H3,(H,22,25). The van der Waals surface area contributed by atoms with Crippen molar-refractivity contribution in [2.45, 2.75) is 13.3 Å². The topological polar surface area (TPSA) is 49.4 Å². The number of carbonyl (C=O) groups is 2. The Morgan fingerprint density at radius 3 is 2.56 bits per heavy atom. The molecule has 0 bridgehead atoms. The smallest absolute Gasteiger partial charge is 0.229 e. The highest BCUT2D eigenvalue weighted by molar-refractivity contribution is 6.35. The number of nitrogens with zero attached hydrogens (tertiary/aromatic N) is 1. The van der Waals surface area contributed by atoms with E-state index in [-0.39, 0.29) is 18.2 Å². The van der Waals surface area contributed by atoms with Gasteiger partial charge in [-0.2, -0.15) is 0 Å². The quantitative estimate of drug-likeness (QED) is 0.797. The van der Waals surface area contributed by atoms with E-state index in [2.05, 4.69) is 5.32 Å². The minimum Gasteiger partial charge on any atom is -0.324 e. The Kier molecular flexibility index (Phi) is 5.23. The van der Waals surface area contributed by atoms with Crippen molar-refractivity contribution in [3.63, 3.8) is 0 Å². The molecular formula is C18H15Cl3N2O2. The molecule has 1 atom stereocenters. The molecule has 4 nitrogen and oxygen atoms in total. The summed E-state index contributed by atoms with van der Waals surface area (Å²) in [4.78, 5) is 26.5. The van der Waals surface area contributed by atoms with Crippen LogP contribution in [0.3, 0.4) is 0 Å². The fourth-order valence-corrected chi connectivity index (χ4v) is 3.32. The average Bonchev–Trinajstić information content (AvgIpc) is 2.95. The Bertz CT molecular complexity index is 854. The minimum atomic E-state index is -0.471. The maximum atomic E-state index is 12.5. The van der Waals surface area contributed by atoms with Crippen LogP contribution >= 0.6 is 34.8 Å². The highest BCUT2D eigenvalue weighted by Gasteiger charge is 2.36. The first-order valence-corrected chi connectivity index (χ1v) is 8.81. The van der Waals surface area contributed by atoms with E-state index in [1.54, 1.807) is 35.2 Å². The van der Waals surface area contributed by atoms with Gasteiger partial charge in [0.1, 0.15) is 0 Å². The van der Waals surface area contributed by atoms with Gasteiger partial charge in [0.25, 0.3) is 0 Å². The van der Waals surface area contributed by atoms with Gasteiger partial charge in [-0.15, -0.1) is 0 Å². The summed E-state index contributed by atoms with van der Waals surface area (Å²) in [6, 6.07) is 10.2. The molecule has 2 amide bonds. The van der Waals surface area contributed by atoms with Gasteiger partial charge in [-0.25, -0.2) is 0 Å². The van der Waals surface area contributed by atoms with Crippen molar-refractivity contribution < 1.29 is 9.59 Å². The van der Waals surface area contributed by atoms with E-state index in [4.69, 9.17) is 34.8 Å². The monoisotopic (exact) mass is 396 g/mol. The SMILES string of the molecule is Cc1ccc(Cl)cc1N1CC(C(=O)Nc2cc(Cl)ccc2Cl)CC1=O. The molecule has 1 aliphatic heterocycles. The summed E-state index contributed by atoms with van der Waals surface area (Å²) >= 11 is 18.0. The average molecular weight is 398 g/mol. The zero-order valence-corrected chi connectivity index (χ0v) is 15.6. The largest absolute Gasteiger partial charge is 0.324 e. The number of benzene rings is 2. The van der Waals surface area contributed by atoms with E-state index >= 15 is 0 Å². The zero-order chi connectivity index (χ0) is 18.1. The van der Waals surface area contributed by atoms with Crippen molar-refractivity contribution in [3.05, 3.63) is 57.0 Å². The molecule has 1 unspecified atom stereocenters. The van der Waals surface area contributed by atoms with Gasteiger partial charge < -0.3 is 10.2 Å². The number of hydrogen-bond acceptors (Lipinski definition) is 2. The van der Waals surface area contributed by atoms with E-state index in [1.165, 1.54) is 0 Å². The predicted octanol–water partition coefficient (Wildman–Crippen LogP) is 4.95. The first kappa shape index (κ1) is 18.1. The van der Waals surface area contributed by atoms with Crippen LogP contribution in [0.4, 0.5) is 11.4 Å². The first-order valence-electron chi connectivity index (χ1n) is 7.67. The molecule has 130 valence electrons. The van der Waals surface area contributed by atoms with Crippen LogP contribution in [0.2, 0.25) is 15.1 Å². The summed E-state index contributed by atoms with van der Waals surface area (Å²) in [5.41, 5.74) is 2.09. The van der Waals surface area contributed by atoms with Crippen molar-refractivity contribution in [3.8, 4) is 0 Å². The summed E-state index contributed by atoms with van der Waals surface area (Å²) in [6.07, 6.45) is 0.135. The Morgan fingerprint density at radius 1 is 1.12 bits per heavy atom. The van der Waals surface area contributed by atoms with Crippen molar-refractivity contribution in [1.29, 1.82) is 0 Å². The number of carbonyl (C=O) groups excluding carboxylic acids is 2. The third kappa shape index (κ3) is 3.92. The minimum absolute atomic E-state index is 0.109. The number of anilines is 2. The summed E-state index contributed by atoms with van der Waals surface area (Å²) in [5, 5.41) is 4.16. The van der Waals surface area contributed by atoms with Crippen LogP contribution < -0.4 is 10.2 Å². The third-order valence-corrected chi connectivity index (χ3v) is 4.94. The van der Waals surface area contributed by atoms with E-state index in [0.29, 0.717) is 27.3 Å². The molecule has 1 fully saturated rings. The molecule has 1 aliphatic rings. The second-order valence-corrected chi connectivity index (χ2v) is 7.23. The number of nitrogens with one attached hydrogen (secondary N) is 1. The molecule has 25 heavy (non-hydrogen) atoms. The van der Waals surface area contributed by atoms with Gasteiger partial charge in [0.05, 0.1) is 16.6 Å². The van der Waals surface area contributed by atoms with Crippen LogP contribution in [0.15, 0.2) is 36.4 Å². The van der Waals surface area contributed by atoms with Gasteiger partial charge in [-0.3, -0.25) is 9.59 Å². The molecule has 0 saturated carbocycles. The molecule has 1 heterocycles. The van der Waals surface area contributed by atoms with Gasteiger partial charge in [0, 0.05) is 28.7 Å². The summed E-state index contributed by atoms with van der Waals surface area (Å²) in [5.74, 6) is -0.844. The second kappa shape index (κ2) is 7.24. The molecule has 2 aromatic rings. The van der Waals surface area contributed by atoms with Gasteiger partial charge in [0.15, 0.2) is 0 Å². The number of hydrogen-bond donors (Lipinski definition) is 1. The van der Waals surface area contributed by atoms with Crippen molar-refractivity contribution in [2.75, 3.05) is 16.8 Å². The van der Waals surface area contributed by atoms with Crippen molar-refractivity contribution in [2.24, 2.45) is 5.92 Å². The second-order valence-electron chi connectivity index (χ2n) is 5.95. The molecule has 1 saturated heterocycles. The summed E-state index contributed by atoms with van der Waals surface area (Å²) in [6.45, 7) is 2.20. The van der Waals surface area contributed by atoms with E-state index in [1.807, 2.05) is 13.0 Å². The fourth-order valence-electron chi connectivity index (χ4n) is 2.82. The van der Waals surface area contributed by atoms with E-state index < -0.39 is 5.92 Å². The maximum Gasteiger partial charge on any atom is 0.229 e. The summed E-state index contributed by atoms with van der Waals surface area (Å²) in [7, 11) is 0. The number of aryl methyl sites for hydroxylation is 1. The van der Waals surface area contributed by atoms with Crippen LogP contribution in [0, 0.1) is 12.8 Å². The lowest BCUT2D eigenvalue weighted by Crippen LogP contribution is -2.28. The van der Waals surface area contributed by atoms with Gasteiger partial charge in [-0.1, -0.05) is 40.9 Å². The lowest BCUT2D eigenvalue weighted by Gasteiger charge is -2.19. The van der Waals surface area contributed by atoms with Crippen molar-refractivity contribution >= 4 is 58.0 Å². The maximum absolute atomic E-state index is 12.5. The fraction of sp³-hybridized carbons (Fsp3) is 0.222. The van der Waals surface area contributed by atoms with E-state index in [0.717, 1.165) is 11.3 Å². The number of halogens is 3. The highest BCUT2D eigenvalue weighted by Crippen LogP contribution is 2.31. The van der Waals surface area contributed by atoms with Crippen LogP contribution in [0.25, 0.3) is 0 Å². The molecule has 0 aliphatic carbocycles. The molecule has 1 N–H and O–H groups in total. The highest BCUT2D eigenvalue weighted by atomic mass is 35.5. The Labute approximate surface area is 160 Å². The van der Waals surface area contributed by atoms with Crippen LogP contribution in [0.1, 0.15) is 12.0 Å². The summed E-state index contributed by atoms with van der Waals surface area (Å²) < 4.78 is 0. The Balaban J connectivity index is 1.77. The van der Waals surface area contributed by atoms with Gasteiger partial charge in [-0.05, 0) is 42.8 Å². The lowest BCUT2D eigenvalue weighted by molar-refractivity contribution is -0.122. The van der Waals surface area contributed by atoms with E-state index in [9.17, 15) is 9.59 Å².